The summed E-state index contributed by atoms with van der Waals surface area (Å²) in [5.74, 6) is -0.662. The number of carbonyl (C=O) groups excluding carboxylic acids is 1. The van der Waals surface area contributed by atoms with Gasteiger partial charge in [0.15, 0.2) is 0 Å². The molecule has 0 aliphatic carbocycles. The summed E-state index contributed by atoms with van der Waals surface area (Å²) in [5.41, 5.74) is 6.97. The molecule has 0 saturated carbocycles. The van der Waals surface area contributed by atoms with Crippen molar-refractivity contribution >= 4 is 31.9 Å². The second-order valence-electron chi connectivity index (χ2n) is 6.06. The molecule has 9 heteroatoms. The van der Waals surface area contributed by atoms with Crippen molar-refractivity contribution in [1.29, 1.82) is 0 Å². The van der Waals surface area contributed by atoms with E-state index in [-0.39, 0.29) is 10.5 Å². The summed E-state index contributed by atoms with van der Waals surface area (Å²) in [5, 5.41) is 0. The van der Waals surface area contributed by atoms with Gasteiger partial charge in [-0.1, -0.05) is 45.8 Å². The molecule has 0 bridgehead atoms. The van der Waals surface area contributed by atoms with Gasteiger partial charge in [0.1, 0.15) is 6.04 Å². The van der Waals surface area contributed by atoms with Gasteiger partial charge in [-0.05, 0) is 42.8 Å². The molecule has 1 aromatic heterocycles. The summed E-state index contributed by atoms with van der Waals surface area (Å²) >= 11 is 3.34. The fraction of sp³-hybridized carbons (Fsp3) is 0.105. The maximum Gasteiger partial charge on any atom is 0.285 e. The van der Waals surface area contributed by atoms with Gasteiger partial charge in [-0.15, -0.1) is 4.40 Å². The third-order valence-electron chi connectivity index (χ3n) is 4.01. The number of primary amides is 1. The predicted octanol–water partition coefficient (Wildman–Crippen LogP) is 2.32. The molecule has 2 aromatic carbocycles. The Morgan fingerprint density at radius 3 is 2.39 bits per heavy atom. The molecule has 3 rings (SSSR count). The molecule has 0 aliphatic heterocycles. The maximum absolute atomic E-state index is 12.7. The van der Waals surface area contributed by atoms with Crippen LogP contribution in [0.25, 0.3) is 0 Å². The average Bonchev–Trinajstić information content (AvgIpc) is 2.65. The molecule has 7 nitrogen and oxygen atoms in total. The van der Waals surface area contributed by atoms with E-state index in [2.05, 4.69) is 25.3 Å². The number of halogens is 1. The van der Waals surface area contributed by atoms with E-state index in [9.17, 15) is 13.2 Å². The molecule has 0 aliphatic rings. The van der Waals surface area contributed by atoms with Crippen LogP contribution in [0.1, 0.15) is 17.2 Å². The van der Waals surface area contributed by atoms with Crippen LogP contribution in [0.15, 0.2) is 80.8 Å². The lowest BCUT2D eigenvalue weighted by Gasteiger charge is -2.17. The molecule has 28 heavy (non-hydrogen) atoms. The fourth-order valence-electron chi connectivity index (χ4n) is 2.62. The van der Waals surface area contributed by atoms with Crippen molar-refractivity contribution in [3.8, 4) is 0 Å². The Hall–Kier alpha value is -2.78. The fourth-order valence-corrected chi connectivity index (χ4v) is 3.83. The van der Waals surface area contributed by atoms with E-state index < -0.39 is 22.0 Å². The standard InChI is InChI=1S/C19H17BrN4O3S/c1-13-3-9-16(10-4-13)28(26,27)23-19-22-11-2-12-24(19)17(18(21)25)14-5-7-15(20)8-6-14/h2-12,17H,1H3,(H2,21,25)/b23-19+. The normalized spacial score (nSPS) is 13.3. The number of nitrogens with two attached hydrogens (primary N) is 1. The van der Waals surface area contributed by atoms with Gasteiger partial charge in [-0.25, -0.2) is 4.98 Å². The zero-order chi connectivity index (χ0) is 20.3. The number of hydrogen-bond acceptors (Lipinski definition) is 4. The number of aryl methyl sites for hydroxylation is 1. The van der Waals surface area contributed by atoms with Crippen molar-refractivity contribution in [3.05, 3.63) is 88.2 Å². The van der Waals surface area contributed by atoms with E-state index in [1.54, 1.807) is 42.5 Å². The Balaban J connectivity index is 2.16. The maximum atomic E-state index is 12.7. The quantitative estimate of drug-likeness (QED) is 0.629. The van der Waals surface area contributed by atoms with E-state index >= 15 is 0 Å². The van der Waals surface area contributed by atoms with Gasteiger partial charge in [0.2, 0.25) is 11.5 Å². The Morgan fingerprint density at radius 2 is 1.79 bits per heavy atom. The molecule has 1 atom stereocenters. The molecule has 2 N–H and O–H groups in total. The van der Waals surface area contributed by atoms with Crippen LogP contribution < -0.4 is 11.4 Å². The topological polar surface area (TPSA) is 107 Å². The first-order chi connectivity index (χ1) is 13.3. The highest BCUT2D eigenvalue weighted by atomic mass is 79.9. The van der Waals surface area contributed by atoms with Gasteiger partial charge < -0.3 is 5.73 Å². The Kier molecular flexibility index (Phi) is 5.76. The van der Waals surface area contributed by atoms with Crippen LogP contribution >= 0.6 is 15.9 Å². The van der Waals surface area contributed by atoms with Crippen molar-refractivity contribution in [2.75, 3.05) is 0 Å². The van der Waals surface area contributed by atoms with Crippen LogP contribution in [0.4, 0.5) is 0 Å². The highest BCUT2D eigenvalue weighted by Crippen LogP contribution is 2.19. The van der Waals surface area contributed by atoms with Crippen molar-refractivity contribution in [2.45, 2.75) is 17.9 Å². The third kappa shape index (κ3) is 4.37. The molecular weight excluding hydrogens is 444 g/mol. The van der Waals surface area contributed by atoms with Gasteiger partial charge >= 0.3 is 0 Å². The lowest BCUT2D eigenvalue weighted by Crippen LogP contribution is -2.36. The van der Waals surface area contributed by atoms with Gasteiger partial charge in [0.05, 0.1) is 4.90 Å². The zero-order valence-corrected chi connectivity index (χ0v) is 17.3. The van der Waals surface area contributed by atoms with Crippen LogP contribution in [0.3, 0.4) is 0 Å². The van der Waals surface area contributed by atoms with Crippen LogP contribution in [0, 0.1) is 6.92 Å². The molecule has 1 amide bonds. The average molecular weight is 461 g/mol. The molecule has 1 heterocycles. The Labute approximate surface area is 170 Å². The number of carbonyl (C=O) groups is 1. The van der Waals surface area contributed by atoms with E-state index in [0.29, 0.717) is 5.56 Å². The highest BCUT2D eigenvalue weighted by Gasteiger charge is 2.22. The molecule has 144 valence electrons. The highest BCUT2D eigenvalue weighted by molar-refractivity contribution is 9.10. The Morgan fingerprint density at radius 1 is 1.14 bits per heavy atom. The second-order valence-corrected chi connectivity index (χ2v) is 8.58. The molecule has 1 unspecified atom stereocenters. The first kappa shape index (κ1) is 20.0. The lowest BCUT2D eigenvalue weighted by molar-refractivity contribution is -0.120. The predicted molar refractivity (Wildman–Crippen MR) is 108 cm³/mol. The summed E-state index contributed by atoms with van der Waals surface area (Å²) in [6.45, 7) is 1.86. The second kappa shape index (κ2) is 8.07. The van der Waals surface area contributed by atoms with Crippen LogP contribution in [0.2, 0.25) is 0 Å². The van der Waals surface area contributed by atoms with Crippen molar-refractivity contribution in [1.82, 2.24) is 9.55 Å². The van der Waals surface area contributed by atoms with Crippen molar-refractivity contribution in [2.24, 2.45) is 10.1 Å². The number of aromatic nitrogens is 2. The SMILES string of the molecule is Cc1ccc(S(=O)(=O)/N=c2\ncccn2C(C(N)=O)c2ccc(Br)cc2)cc1. The largest absolute Gasteiger partial charge is 0.368 e. The minimum absolute atomic E-state index is 0.0366. The van der Waals surface area contributed by atoms with E-state index in [0.717, 1.165) is 10.0 Å². The smallest absolute Gasteiger partial charge is 0.285 e. The van der Waals surface area contributed by atoms with E-state index in [1.807, 2.05) is 6.92 Å². The molecule has 0 radical (unpaired) electrons. The summed E-state index contributed by atoms with van der Waals surface area (Å²) in [4.78, 5) is 16.3. The van der Waals surface area contributed by atoms with E-state index in [4.69, 9.17) is 5.73 Å². The number of rotatable bonds is 5. The first-order valence-electron chi connectivity index (χ1n) is 8.23. The molecule has 0 fully saturated rings. The van der Waals surface area contributed by atoms with Gasteiger partial charge in [0.25, 0.3) is 10.0 Å². The number of hydrogen-bond donors (Lipinski definition) is 1. The number of sulfonamides is 1. The summed E-state index contributed by atoms with van der Waals surface area (Å²) in [6.07, 6.45) is 2.92. The van der Waals surface area contributed by atoms with Crippen molar-refractivity contribution in [3.63, 3.8) is 0 Å². The van der Waals surface area contributed by atoms with Crippen molar-refractivity contribution < 1.29 is 13.2 Å². The van der Waals surface area contributed by atoms with Gasteiger partial charge in [0, 0.05) is 16.9 Å². The monoisotopic (exact) mass is 460 g/mol. The third-order valence-corrected chi connectivity index (χ3v) is 5.81. The zero-order valence-electron chi connectivity index (χ0n) is 14.9. The number of benzene rings is 2. The van der Waals surface area contributed by atoms with Gasteiger partial charge in [-0.3, -0.25) is 9.36 Å². The van der Waals surface area contributed by atoms with Crippen LogP contribution in [-0.2, 0) is 14.8 Å². The molecular formula is C19H17BrN4O3S. The summed E-state index contributed by atoms with van der Waals surface area (Å²) in [7, 11) is -4.02. The molecule has 0 spiro atoms. The molecule has 3 aromatic rings. The van der Waals surface area contributed by atoms with Gasteiger partial charge in [-0.2, -0.15) is 8.42 Å². The minimum atomic E-state index is -4.02. The minimum Gasteiger partial charge on any atom is -0.368 e. The lowest BCUT2D eigenvalue weighted by atomic mass is 10.1. The van der Waals surface area contributed by atoms with Crippen LogP contribution in [-0.4, -0.2) is 23.9 Å². The van der Waals surface area contributed by atoms with Crippen LogP contribution in [0.5, 0.6) is 0 Å². The molecule has 0 saturated heterocycles. The number of amides is 1. The summed E-state index contributed by atoms with van der Waals surface area (Å²) in [6, 6.07) is 13.9. The Bertz CT molecular complexity index is 1170. The first-order valence-corrected chi connectivity index (χ1v) is 10.5. The van der Waals surface area contributed by atoms with E-state index in [1.165, 1.54) is 29.1 Å². The summed E-state index contributed by atoms with van der Waals surface area (Å²) < 4.78 is 31.4. The number of nitrogens with zero attached hydrogens (tertiary/aromatic N) is 3.